The lowest BCUT2D eigenvalue weighted by Crippen LogP contribution is -2.29. The van der Waals surface area contributed by atoms with Crippen LogP contribution in [0.4, 0.5) is 0 Å². The molecule has 1 aliphatic heterocycles. The predicted molar refractivity (Wildman–Crippen MR) is 75.9 cm³/mol. The fourth-order valence-corrected chi connectivity index (χ4v) is 2.53. The van der Waals surface area contributed by atoms with Crippen LogP contribution in [0.15, 0.2) is 18.6 Å². The van der Waals surface area contributed by atoms with Crippen molar-refractivity contribution in [2.45, 2.75) is 39.2 Å². The van der Waals surface area contributed by atoms with E-state index in [4.69, 9.17) is 0 Å². The quantitative estimate of drug-likeness (QED) is 0.880. The number of hydrogen-bond acceptors (Lipinski definition) is 4. The molecule has 0 spiro atoms. The van der Waals surface area contributed by atoms with Crippen molar-refractivity contribution in [3.8, 4) is 0 Å². The molecule has 0 aromatic carbocycles. The maximum Gasteiger partial charge on any atom is 0.222 e. The Bertz CT molecular complexity index is 436. The minimum Gasteiger partial charge on any atom is -0.391 e. The number of hydrogen-bond donors (Lipinski definition) is 1. The third-order valence-electron chi connectivity index (χ3n) is 3.78. The van der Waals surface area contributed by atoms with Gasteiger partial charge in [-0.05, 0) is 18.8 Å². The summed E-state index contributed by atoms with van der Waals surface area (Å²) in [4.78, 5) is 22.1. The third-order valence-corrected chi connectivity index (χ3v) is 3.78. The summed E-state index contributed by atoms with van der Waals surface area (Å²) in [6.45, 7) is 5.29. The molecule has 0 radical (unpaired) electrons. The van der Waals surface area contributed by atoms with Crippen molar-refractivity contribution in [3.05, 3.63) is 24.3 Å². The van der Waals surface area contributed by atoms with Crippen LogP contribution in [0.2, 0.25) is 0 Å². The third kappa shape index (κ3) is 4.00. The Morgan fingerprint density at radius 1 is 1.45 bits per heavy atom. The topological polar surface area (TPSA) is 66.3 Å². The molecule has 5 heteroatoms. The Morgan fingerprint density at radius 2 is 2.25 bits per heavy atom. The maximum absolute atomic E-state index is 12.1. The van der Waals surface area contributed by atoms with Crippen LogP contribution in [-0.4, -0.2) is 45.1 Å². The van der Waals surface area contributed by atoms with Crippen LogP contribution in [0.3, 0.4) is 0 Å². The lowest BCUT2D eigenvalue weighted by molar-refractivity contribution is -0.130. The highest BCUT2D eigenvalue weighted by Gasteiger charge is 2.33. The van der Waals surface area contributed by atoms with Crippen molar-refractivity contribution >= 4 is 5.91 Å². The molecule has 1 fully saturated rings. The molecule has 2 heterocycles. The van der Waals surface area contributed by atoms with Gasteiger partial charge in [0.05, 0.1) is 11.8 Å². The van der Waals surface area contributed by atoms with Gasteiger partial charge < -0.3 is 10.0 Å². The van der Waals surface area contributed by atoms with Crippen LogP contribution in [0.25, 0.3) is 0 Å². The second-order valence-electron chi connectivity index (χ2n) is 5.96. The summed E-state index contributed by atoms with van der Waals surface area (Å²) in [5.41, 5.74) is 0.869. The summed E-state index contributed by atoms with van der Waals surface area (Å²) in [6.07, 6.45) is 6.69. The fourth-order valence-electron chi connectivity index (χ4n) is 2.53. The summed E-state index contributed by atoms with van der Waals surface area (Å²) in [7, 11) is 0. The van der Waals surface area contributed by atoms with Crippen LogP contribution in [0, 0.1) is 11.8 Å². The highest BCUT2D eigenvalue weighted by Crippen LogP contribution is 2.22. The Balaban J connectivity index is 1.87. The Hall–Kier alpha value is -1.49. The van der Waals surface area contributed by atoms with Gasteiger partial charge in [-0.1, -0.05) is 13.8 Å². The van der Waals surface area contributed by atoms with E-state index in [-0.39, 0.29) is 11.8 Å². The molecule has 20 heavy (non-hydrogen) atoms. The summed E-state index contributed by atoms with van der Waals surface area (Å²) in [5.74, 6) is 0.746. The van der Waals surface area contributed by atoms with E-state index in [1.807, 2.05) is 0 Å². The monoisotopic (exact) mass is 277 g/mol. The Labute approximate surface area is 120 Å². The second kappa shape index (κ2) is 6.79. The molecule has 1 saturated heterocycles. The van der Waals surface area contributed by atoms with Gasteiger partial charge in [-0.15, -0.1) is 0 Å². The average molecular weight is 277 g/mol. The first kappa shape index (κ1) is 14.9. The van der Waals surface area contributed by atoms with Gasteiger partial charge in [-0.25, -0.2) is 0 Å². The van der Waals surface area contributed by atoms with Gasteiger partial charge in [0.1, 0.15) is 0 Å². The van der Waals surface area contributed by atoms with Crippen molar-refractivity contribution < 1.29 is 9.90 Å². The van der Waals surface area contributed by atoms with Crippen LogP contribution in [0.1, 0.15) is 32.4 Å². The largest absolute Gasteiger partial charge is 0.391 e. The van der Waals surface area contributed by atoms with Crippen LogP contribution in [0.5, 0.6) is 0 Å². The number of carbonyl (C=O) groups is 1. The first-order chi connectivity index (χ1) is 9.56. The van der Waals surface area contributed by atoms with E-state index in [9.17, 15) is 9.90 Å². The Kier molecular flexibility index (Phi) is 5.06. The summed E-state index contributed by atoms with van der Waals surface area (Å²) in [5, 5.41) is 10.1. The van der Waals surface area contributed by atoms with E-state index in [1.54, 1.807) is 23.5 Å². The molecular weight excluding hydrogens is 254 g/mol. The average Bonchev–Trinajstić information content (AvgIpc) is 2.79. The van der Waals surface area contributed by atoms with Crippen molar-refractivity contribution in [2.75, 3.05) is 13.1 Å². The number of amides is 1. The zero-order chi connectivity index (χ0) is 14.5. The van der Waals surface area contributed by atoms with Crippen molar-refractivity contribution in [2.24, 2.45) is 11.8 Å². The molecular formula is C15H23N3O2. The number of likely N-dealkylation sites (tertiary alicyclic amines) is 1. The minimum absolute atomic E-state index is 0.0645. The van der Waals surface area contributed by atoms with Crippen molar-refractivity contribution in [1.29, 1.82) is 0 Å². The summed E-state index contributed by atoms with van der Waals surface area (Å²) < 4.78 is 0. The molecule has 0 aliphatic carbocycles. The van der Waals surface area contributed by atoms with Crippen LogP contribution in [-0.2, 0) is 11.2 Å². The molecule has 1 aliphatic rings. The smallest absolute Gasteiger partial charge is 0.222 e. The number of aliphatic hydroxyl groups is 1. The molecule has 1 aromatic rings. The number of aromatic nitrogens is 2. The highest BCUT2D eigenvalue weighted by molar-refractivity contribution is 5.76. The van der Waals surface area contributed by atoms with E-state index in [2.05, 4.69) is 23.8 Å². The number of β-amino-alcohol motifs (C(OH)–C–C–N with tert-alkyl or cyclic N) is 1. The minimum atomic E-state index is -0.458. The maximum atomic E-state index is 12.1. The first-order valence-electron chi connectivity index (χ1n) is 7.27. The van der Waals surface area contributed by atoms with Gasteiger partial charge in [0.25, 0.3) is 0 Å². The molecule has 5 nitrogen and oxygen atoms in total. The molecule has 2 atom stereocenters. The van der Waals surface area contributed by atoms with E-state index in [0.717, 1.165) is 12.1 Å². The predicted octanol–water partition coefficient (Wildman–Crippen LogP) is 1.27. The second-order valence-corrected chi connectivity index (χ2v) is 5.96. The molecule has 2 rings (SSSR count). The number of aliphatic hydroxyl groups excluding tert-OH is 1. The SMILES string of the molecule is CC(C)CCC(=O)N1C[C@@H](Cc2cnccn2)[C@H](O)C1. The molecule has 1 amide bonds. The summed E-state index contributed by atoms with van der Waals surface area (Å²) >= 11 is 0. The zero-order valence-corrected chi connectivity index (χ0v) is 12.2. The molecule has 1 N–H and O–H groups in total. The molecule has 0 saturated carbocycles. The number of nitrogens with zero attached hydrogens (tertiary/aromatic N) is 3. The molecule has 110 valence electrons. The van der Waals surface area contributed by atoms with E-state index < -0.39 is 6.10 Å². The number of carbonyl (C=O) groups excluding carboxylic acids is 1. The highest BCUT2D eigenvalue weighted by atomic mass is 16.3. The van der Waals surface area contributed by atoms with Gasteiger partial charge in [0.15, 0.2) is 0 Å². The van der Waals surface area contributed by atoms with Gasteiger partial charge in [0.2, 0.25) is 5.91 Å². The Morgan fingerprint density at radius 3 is 2.90 bits per heavy atom. The van der Waals surface area contributed by atoms with E-state index in [1.165, 1.54) is 0 Å². The molecule has 0 unspecified atom stereocenters. The summed E-state index contributed by atoms with van der Waals surface area (Å²) in [6, 6.07) is 0. The van der Waals surface area contributed by atoms with Crippen molar-refractivity contribution in [3.63, 3.8) is 0 Å². The van der Waals surface area contributed by atoms with Gasteiger partial charge >= 0.3 is 0 Å². The van der Waals surface area contributed by atoms with E-state index in [0.29, 0.717) is 31.8 Å². The lowest BCUT2D eigenvalue weighted by atomic mass is 10.0. The van der Waals surface area contributed by atoms with E-state index >= 15 is 0 Å². The molecule has 0 bridgehead atoms. The zero-order valence-electron chi connectivity index (χ0n) is 12.2. The van der Waals surface area contributed by atoms with Crippen molar-refractivity contribution in [1.82, 2.24) is 14.9 Å². The standard InChI is InChI=1S/C15H23N3O2/c1-11(2)3-4-15(20)18-9-12(14(19)10-18)7-13-8-16-5-6-17-13/h5-6,8,11-12,14,19H,3-4,7,9-10H2,1-2H3/t12-,14-/m1/s1. The first-order valence-corrected chi connectivity index (χ1v) is 7.27. The van der Waals surface area contributed by atoms with Gasteiger partial charge in [-0.3, -0.25) is 14.8 Å². The lowest BCUT2D eigenvalue weighted by Gasteiger charge is -2.16. The molecule has 1 aromatic heterocycles. The van der Waals surface area contributed by atoms with Gasteiger partial charge in [-0.2, -0.15) is 0 Å². The van der Waals surface area contributed by atoms with Gasteiger partial charge in [0, 0.05) is 44.0 Å². The fraction of sp³-hybridized carbons (Fsp3) is 0.667. The number of rotatable bonds is 5. The normalized spacial score (nSPS) is 22.5. The van der Waals surface area contributed by atoms with Crippen LogP contribution >= 0.6 is 0 Å². The van der Waals surface area contributed by atoms with Crippen LogP contribution < -0.4 is 0 Å².